The van der Waals surface area contributed by atoms with Gasteiger partial charge in [0, 0.05) is 87.3 Å². The number of likely N-dealkylation sites (tertiary alicyclic amines) is 3. The zero-order valence-corrected chi connectivity index (χ0v) is 83.1. The number of carbonyl (C=O) groups is 21. The van der Waals surface area contributed by atoms with E-state index in [1.807, 2.05) is 0 Å². The number of para-hydroxylation sites is 1. The molecule has 3 saturated heterocycles. The Morgan fingerprint density at radius 3 is 1.48 bits per heavy atom. The Kier molecular flexibility index (Phi) is 48.3. The number of benzene rings is 3. The molecule has 8 rings (SSSR count). The highest BCUT2D eigenvalue weighted by molar-refractivity contribution is 7.98. The molecule has 0 aliphatic carbocycles. The van der Waals surface area contributed by atoms with Gasteiger partial charge in [-0.2, -0.15) is 11.8 Å². The summed E-state index contributed by atoms with van der Waals surface area (Å²) in [6.07, 6.45) is 3.61. The van der Waals surface area contributed by atoms with Crippen molar-refractivity contribution >= 4 is 153 Å². The third kappa shape index (κ3) is 38.4. The number of hydrogen-bond acceptors (Lipinski definition) is 29. The lowest BCUT2D eigenvalue weighted by Crippen LogP contribution is -2.61. The summed E-state index contributed by atoms with van der Waals surface area (Å²) in [6.45, 7) is -2.94. The number of aromatic nitrogens is 3. The fourth-order valence-corrected chi connectivity index (χ4v) is 17.6. The number of aromatic hydroxyl groups is 1. The quantitative estimate of drug-likeness (QED) is 0.00977. The Bertz CT molecular complexity index is 5490. The number of carboxylic acid groups (broad SMARTS) is 3. The van der Waals surface area contributed by atoms with Crippen LogP contribution in [-0.4, -0.2) is 354 Å². The van der Waals surface area contributed by atoms with E-state index in [0.717, 1.165) is 4.90 Å². The van der Waals surface area contributed by atoms with Gasteiger partial charge in [-0.1, -0.05) is 60.7 Å². The van der Waals surface area contributed by atoms with Gasteiger partial charge in [0.1, 0.15) is 90.3 Å². The van der Waals surface area contributed by atoms with Crippen LogP contribution in [0, 0.1) is 5.41 Å². The Labute approximate surface area is 860 Å². The Morgan fingerprint density at radius 1 is 0.463 bits per heavy atom. The van der Waals surface area contributed by atoms with Crippen LogP contribution in [0.25, 0.3) is 10.9 Å². The topological polar surface area (TPSA) is 848 Å². The summed E-state index contributed by atoms with van der Waals surface area (Å²) in [4.78, 5) is 305. The first kappa shape index (κ1) is 119. The molecule has 812 valence electrons. The van der Waals surface area contributed by atoms with Gasteiger partial charge in [0.25, 0.3) is 0 Å². The summed E-state index contributed by atoms with van der Waals surface area (Å²) in [6, 6.07) is -2.21. The minimum Gasteiger partial charge on any atom is -0.508 e. The summed E-state index contributed by atoms with van der Waals surface area (Å²) < 4.78 is 0. The highest BCUT2D eigenvalue weighted by Crippen LogP contribution is 2.28. The number of nitrogens with two attached hydrogens (primary N) is 5. The Balaban J connectivity index is 0.983. The van der Waals surface area contributed by atoms with Gasteiger partial charge in [0.05, 0.1) is 51.5 Å². The predicted octanol–water partition coefficient (Wildman–Crippen LogP) is -7.58. The molecule has 54 heteroatoms. The molecule has 3 aromatic carbocycles. The summed E-state index contributed by atoms with van der Waals surface area (Å²) in [5.74, 6) is -21.7. The van der Waals surface area contributed by atoms with Crippen LogP contribution in [0.15, 0.2) is 97.6 Å². The average molecular weight is 2100 g/mol. The number of aliphatic hydroxyl groups is 1. The molecular formula is C95H135N27O26S. The second-order valence-electron chi connectivity index (χ2n) is 36.1. The first-order valence-corrected chi connectivity index (χ1v) is 50.3. The minimum atomic E-state index is -1.85. The smallest absolute Gasteiger partial charge is 0.326 e. The second kappa shape index (κ2) is 60.6. The number of phenols is 1. The van der Waals surface area contributed by atoms with E-state index < -0.39 is 279 Å². The molecule has 3 fully saturated rings. The van der Waals surface area contributed by atoms with Crippen LogP contribution in [-0.2, 0) is 126 Å². The highest BCUT2D eigenvalue weighted by Gasteiger charge is 2.46. The fourth-order valence-electron chi connectivity index (χ4n) is 17.1. The van der Waals surface area contributed by atoms with E-state index in [0.29, 0.717) is 53.3 Å². The molecular weight excluding hydrogens is 1970 g/mol. The second-order valence-corrected chi connectivity index (χ2v) is 37.1. The van der Waals surface area contributed by atoms with Gasteiger partial charge < -0.3 is 159 Å². The molecule has 2 aromatic heterocycles. The van der Waals surface area contributed by atoms with Crippen molar-refractivity contribution in [3.63, 3.8) is 0 Å². The van der Waals surface area contributed by atoms with Crippen molar-refractivity contribution in [1.82, 2.24) is 109 Å². The maximum atomic E-state index is 15.4. The van der Waals surface area contributed by atoms with Gasteiger partial charge in [-0.05, 0) is 163 Å². The third-order valence-electron chi connectivity index (χ3n) is 25.0. The number of rotatable bonds is 63. The first-order valence-electron chi connectivity index (χ1n) is 48.9. The van der Waals surface area contributed by atoms with Crippen LogP contribution < -0.4 is 108 Å². The monoisotopic (exact) mass is 2100 g/mol. The summed E-state index contributed by atoms with van der Waals surface area (Å²) >= 11 is 1.26. The zero-order chi connectivity index (χ0) is 109. The highest BCUT2D eigenvalue weighted by atomic mass is 32.2. The van der Waals surface area contributed by atoms with E-state index in [4.69, 9.17) is 39.2 Å². The number of imidazole rings is 1. The van der Waals surface area contributed by atoms with Gasteiger partial charge in [0.2, 0.25) is 106 Å². The van der Waals surface area contributed by atoms with E-state index in [2.05, 4.69) is 94.7 Å². The van der Waals surface area contributed by atoms with E-state index in [1.54, 1.807) is 67.0 Å². The van der Waals surface area contributed by atoms with E-state index in [-0.39, 0.29) is 146 Å². The van der Waals surface area contributed by atoms with E-state index in [1.165, 1.54) is 58.4 Å². The Hall–Kier alpha value is -15.5. The number of aliphatic carboxylic acids is 3. The molecule has 3 aliphatic rings. The number of guanidine groups is 1. The zero-order valence-electron chi connectivity index (χ0n) is 82.3. The molecule has 18 amide bonds. The molecule has 0 saturated carbocycles. The summed E-state index contributed by atoms with van der Waals surface area (Å²) in [5.41, 5.74) is 30.6. The molecule has 3 aliphatic heterocycles. The number of nitrogens with one attached hydrogen (secondary N) is 18. The maximum absolute atomic E-state index is 15.4. The number of primary amides is 1. The van der Waals surface area contributed by atoms with E-state index >= 15 is 19.2 Å². The van der Waals surface area contributed by atoms with Gasteiger partial charge in [-0.3, -0.25) is 101 Å². The SMILES string of the molecule is CSCC[C@H](NC(=O)[C@H](CCCCN)NC(=O)[C@H](Cc1ccc(O)cc1)NC(=O)[C@@H]1CCCN1C(=O)CNC(=O)CNC(=O)[C@@H](N)CC(=O)O)C(=O)N[C@@H](CCC(N)=O)C(=O)N[C@@H](Cc1cnc[nH]1)C(=O)N[C@@H](Cc1ccccc1)C(=O)N[C@@H](CCCNC(=N)N)C(=O)N[C@@H](Cc1c[nH]c2ccccc12)C(=O)NCC(=O)N[C@@H](CO)C(=O)N1CCC[C@H]1C(=O)N1CCC[C@H]1C(=O)N[C@@H](CCCCN)C(=O)N[C@@H](CC(=O)O)C(=O)O. The predicted molar refractivity (Wildman–Crippen MR) is 534 cm³/mol. The molecule has 5 aromatic rings. The number of fused-ring (bicyclic) bond motifs is 1. The molecule has 5 heterocycles. The number of aliphatic hydroxyl groups excluding tert-OH is 1. The molecule has 0 radical (unpaired) electrons. The van der Waals surface area contributed by atoms with Gasteiger partial charge >= 0.3 is 17.9 Å². The van der Waals surface area contributed by atoms with Gasteiger partial charge in [0.15, 0.2) is 5.96 Å². The first-order chi connectivity index (χ1) is 71.2. The maximum Gasteiger partial charge on any atom is 0.326 e. The standard InChI is InChI=1S/C95H135N27O26S/c1-149-38-31-64(113-82(135)60(19-7-9-32-96)110-88(141)66(40-53-25-27-56(124)28-26-53)118-90(143)71-22-12-35-120(71)77(128)49-105-75(126)47-106-80(133)58(98)43-78(129)130)86(139)112-63(29-30-74(99)125)85(138)117-68(42-55-46-102-51-108-55)89(142)115-65(39-52-15-3-2-4-16-52)87(140)111-62(21-11-34-103-95(100)101)83(136)116-67(41-54-45-104-59-18-6-5-17-57(54)59)81(134)107-48-76(127)109-70(50-123)92(145)122-37-14-24-73(122)93(146)121-36-13-23-72(121)91(144)114-61(20-8-10-33-97)84(137)119-69(94(147)148)44-79(131)132/h2-6,15-18,25-28,45-46,51,58,60-73,104,123-124H,7-14,19-24,29-44,47-50,96-98H2,1H3,(H2,99,125)(H,102,108)(H,105,126)(H,106,133)(H,107,134)(H,109,127)(H,110,141)(H,111,140)(H,112,139)(H,113,135)(H,114,144)(H,115,142)(H,116,136)(H,117,138)(H,118,143)(H,119,137)(H,129,130)(H,131,132)(H,147,148)(H4,100,101,103)/t58-,60-,61-,62-,63-,64-,65-,66-,67-,68-,69-,70-,71-,72-,73-/m0/s1. The van der Waals surface area contributed by atoms with Crippen LogP contribution in [0.1, 0.15) is 144 Å². The normalized spacial score (nSPS) is 16.6. The molecule has 53 nitrogen and oxygen atoms in total. The molecule has 0 bridgehead atoms. The molecule has 149 heavy (non-hydrogen) atoms. The van der Waals surface area contributed by atoms with Crippen LogP contribution in [0.5, 0.6) is 5.75 Å². The van der Waals surface area contributed by atoms with Crippen molar-refractivity contribution in [2.45, 2.75) is 238 Å². The number of hydrogen-bond donors (Lipinski definition) is 28. The number of carboxylic acids is 3. The number of aromatic amines is 2. The number of thioether (sulfide) groups is 1. The summed E-state index contributed by atoms with van der Waals surface area (Å²) in [5, 5.41) is 95.4. The fraction of sp³-hybridized carbons (Fsp3) is 0.526. The van der Waals surface area contributed by atoms with Crippen LogP contribution >= 0.6 is 11.8 Å². The number of phenolic OH excluding ortho intramolecular Hbond substituents is 1. The van der Waals surface area contributed by atoms with Crippen LogP contribution in [0.2, 0.25) is 0 Å². The average Bonchev–Trinajstić information content (AvgIpc) is 1.67. The lowest BCUT2D eigenvalue weighted by atomic mass is 10.0. The van der Waals surface area contributed by atoms with Gasteiger partial charge in [-0.15, -0.1) is 0 Å². The number of carbonyl (C=O) groups excluding carboxylic acids is 18. The number of unbranched alkanes of at least 4 members (excludes halogenated alkanes) is 2. The van der Waals surface area contributed by atoms with Gasteiger partial charge in [-0.25, -0.2) is 9.78 Å². The van der Waals surface area contributed by atoms with Crippen molar-refractivity contribution in [2.24, 2.45) is 28.7 Å². The summed E-state index contributed by atoms with van der Waals surface area (Å²) in [7, 11) is 0. The molecule has 33 N–H and O–H groups in total. The Morgan fingerprint density at radius 2 is 0.933 bits per heavy atom. The lowest BCUT2D eigenvalue weighted by molar-refractivity contribution is -0.149. The largest absolute Gasteiger partial charge is 0.508 e. The number of nitrogens with zero attached hydrogens (tertiary/aromatic N) is 4. The molecule has 0 spiro atoms. The minimum absolute atomic E-state index is 0.0105. The van der Waals surface area contributed by atoms with Crippen LogP contribution in [0.3, 0.4) is 0 Å². The van der Waals surface area contributed by atoms with Crippen molar-refractivity contribution in [3.05, 3.63) is 120 Å². The van der Waals surface area contributed by atoms with Crippen molar-refractivity contribution < 1.29 is 126 Å². The number of H-pyrrole nitrogens is 2. The van der Waals surface area contributed by atoms with Crippen molar-refractivity contribution in [1.29, 1.82) is 5.41 Å². The van der Waals surface area contributed by atoms with Crippen molar-refractivity contribution in [2.75, 3.05) is 77.5 Å². The van der Waals surface area contributed by atoms with Crippen molar-refractivity contribution in [3.8, 4) is 5.75 Å². The third-order valence-corrected chi connectivity index (χ3v) is 25.6. The number of amides is 18. The molecule has 0 unspecified atom stereocenters. The van der Waals surface area contributed by atoms with Crippen LogP contribution in [0.4, 0.5) is 0 Å². The molecule has 15 atom stereocenters. The lowest BCUT2D eigenvalue weighted by Gasteiger charge is -2.33. The van der Waals surface area contributed by atoms with E-state index in [9.17, 15) is 102 Å².